The highest BCUT2D eigenvalue weighted by atomic mass is 32.2. The summed E-state index contributed by atoms with van der Waals surface area (Å²) in [4.78, 5) is 16.7. The zero-order chi connectivity index (χ0) is 19.4. The van der Waals surface area contributed by atoms with Crippen LogP contribution in [0.15, 0.2) is 12.7 Å². The van der Waals surface area contributed by atoms with Crippen molar-refractivity contribution in [2.45, 2.75) is 45.3 Å². The number of likely N-dealkylation sites (tertiary alicyclic amines) is 1. The Morgan fingerprint density at radius 2 is 2.07 bits per heavy atom. The third-order valence-electron chi connectivity index (χ3n) is 5.43. The van der Waals surface area contributed by atoms with Crippen LogP contribution >= 0.6 is 0 Å². The van der Waals surface area contributed by atoms with Crippen molar-refractivity contribution in [2.75, 3.05) is 31.1 Å². The molecular weight excluding hydrogens is 368 g/mol. The van der Waals surface area contributed by atoms with Crippen molar-refractivity contribution in [3.05, 3.63) is 18.5 Å². The smallest absolute Gasteiger partial charge is 0.245 e. The highest BCUT2D eigenvalue weighted by Crippen LogP contribution is 2.19. The van der Waals surface area contributed by atoms with E-state index in [1.165, 1.54) is 4.68 Å². The van der Waals surface area contributed by atoms with E-state index in [0.29, 0.717) is 25.3 Å². The van der Waals surface area contributed by atoms with Gasteiger partial charge in [0.25, 0.3) is 0 Å². The van der Waals surface area contributed by atoms with Crippen LogP contribution < -0.4 is 0 Å². The first-order valence-electron chi connectivity index (χ1n) is 9.46. The zero-order valence-corrected chi connectivity index (χ0v) is 16.6. The Balaban J connectivity index is 1.64. The molecule has 3 heterocycles. The normalized spacial score (nSPS) is 23.4. The Labute approximate surface area is 160 Å². The molecule has 0 spiro atoms. The van der Waals surface area contributed by atoms with Crippen LogP contribution in [0.25, 0.3) is 0 Å². The highest BCUT2D eigenvalue weighted by molar-refractivity contribution is 7.91. The molecule has 0 aromatic carbocycles. The van der Waals surface area contributed by atoms with Crippen molar-refractivity contribution in [1.29, 1.82) is 0 Å². The van der Waals surface area contributed by atoms with E-state index in [0.717, 1.165) is 31.8 Å². The molecule has 2 fully saturated rings. The van der Waals surface area contributed by atoms with Gasteiger partial charge in [-0.15, -0.1) is 11.7 Å². The number of hydrogen-bond donors (Lipinski definition) is 0. The number of hydrogen-bond acceptors (Lipinski definition) is 7. The summed E-state index contributed by atoms with van der Waals surface area (Å²) in [5.41, 5.74) is 0. The second-order valence-corrected chi connectivity index (χ2v) is 9.83. The molecule has 3 rings (SSSR count). The van der Waals surface area contributed by atoms with Gasteiger partial charge in [-0.1, -0.05) is 13.0 Å². The number of tetrazole rings is 1. The van der Waals surface area contributed by atoms with Crippen LogP contribution in [0.3, 0.4) is 0 Å². The van der Waals surface area contributed by atoms with Gasteiger partial charge in [0.15, 0.2) is 15.7 Å². The van der Waals surface area contributed by atoms with Crippen molar-refractivity contribution in [2.24, 2.45) is 5.92 Å². The molecule has 2 aliphatic heterocycles. The summed E-state index contributed by atoms with van der Waals surface area (Å²) in [6.07, 6.45) is 4.40. The molecular formula is C17H28N6O3S. The quantitative estimate of drug-likeness (QED) is 0.603. The number of carbonyl (C=O) groups is 1. The minimum absolute atomic E-state index is 0.0109. The van der Waals surface area contributed by atoms with Crippen LogP contribution in [0.2, 0.25) is 0 Å². The fourth-order valence-corrected chi connectivity index (χ4v) is 5.44. The Morgan fingerprint density at radius 1 is 1.33 bits per heavy atom. The van der Waals surface area contributed by atoms with Crippen molar-refractivity contribution in [3.8, 4) is 0 Å². The maximum absolute atomic E-state index is 12.8. The predicted molar refractivity (Wildman–Crippen MR) is 100 cm³/mol. The first-order valence-corrected chi connectivity index (χ1v) is 11.3. The Morgan fingerprint density at radius 3 is 2.70 bits per heavy atom. The Bertz CT molecular complexity index is 769. The first kappa shape index (κ1) is 19.9. The largest absolute Gasteiger partial charge is 0.333 e. The topological polar surface area (TPSA) is 101 Å². The van der Waals surface area contributed by atoms with E-state index < -0.39 is 9.84 Å². The fraction of sp³-hybridized carbons (Fsp3) is 0.765. The fourth-order valence-electron chi connectivity index (χ4n) is 3.71. The summed E-state index contributed by atoms with van der Waals surface area (Å²) >= 11 is 0. The molecule has 2 aliphatic rings. The van der Waals surface area contributed by atoms with Crippen molar-refractivity contribution >= 4 is 15.7 Å². The summed E-state index contributed by atoms with van der Waals surface area (Å²) in [6, 6.07) is -0.302. The van der Waals surface area contributed by atoms with Crippen molar-refractivity contribution in [1.82, 2.24) is 30.0 Å². The van der Waals surface area contributed by atoms with E-state index in [-0.39, 0.29) is 30.0 Å². The molecule has 0 aliphatic carbocycles. The van der Waals surface area contributed by atoms with Crippen LogP contribution in [0, 0.1) is 5.92 Å². The number of piperidine rings is 1. The lowest BCUT2D eigenvalue weighted by Gasteiger charge is -2.30. The molecule has 0 bridgehead atoms. The average Bonchev–Trinajstić information content (AvgIpc) is 3.20. The lowest BCUT2D eigenvalue weighted by Crippen LogP contribution is -2.43. The van der Waals surface area contributed by atoms with E-state index >= 15 is 0 Å². The van der Waals surface area contributed by atoms with E-state index in [1.54, 1.807) is 11.0 Å². The monoisotopic (exact) mass is 396 g/mol. The molecule has 150 valence electrons. The van der Waals surface area contributed by atoms with Crippen LogP contribution in [-0.4, -0.2) is 81.5 Å². The predicted octanol–water partition coefficient (Wildman–Crippen LogP) is 0.107. The molecule has 1 aromatic rings. The van der Waals surface area contributed by atoms with E-state index in [9.17, 15) is 13.2 Å². The van der Waals surface area contributed by atoms with Gasteiger partial charge in [-0.2, -0.15) is 0 Å². The van der Waals surface area contributed by atoms with Gasteiger partial charge < -0.3 is 4.90 Å². The van der Waals surface area contributed by atoms with Gasteiger partial charge in [0.1, 0.15) is 6.54 Å². The third kappa shape index (κ3) is 5.13. The summed E-state index contributed by atoms with van der Waals surface area (Å²) in [5, 5.41) is 11.8. The average molecular weight is 397 g/mol. The number of nitrogens with zero attached hydrogens (tertiary/aromatic N) is 6. The summed E-state index contributed by atoms with van der Waals surface area (Å²) in [6.45, 7) is 8.91. The molecule has 10 heteroatoms. The van der Waals surface area contributed by atoms with Crippen LogP contribution in [0.4, 0.5) is 0 Å². The molecule has 1 unspecified atom stereocenters. The van der Waals surface area contributed by atoms with E-state index in [1.807, 2.05) is 0 Å². The second kappa shape index (κ2) is 8.47. The maximum Gasteiger partial charge on any atom is 0.245 e. The summed E-state index contributed by atoms with van der Waals surface area (Å²) in [7, 11) is -3.07. The second-order valence-electron chi connectivity index (χ2n) is 7.60. The first-order chi connectivity index (χ1) is 12.9. The maximum atomic E-state index is 12.8. The minimum Gasteiger partial charge on any atom is -0.333 e. The zero-order valence-electron chi connectivity index (χ0n) is 15.8. The molecule has 0 N–H and O–H groups in total. The molecule has 9 nitrogen and oxygen atoms in total. The molecule has 0 saturated carbocycles. The van der Waals surface area contributed by atoms with Crippen molar-refractivity contribution in [3.63, 3.8) is 0 Å². The molecule has 0 radical (unpaired) electrons. The number of sulfone groups is 1. The molecule has 2 saturated heterocycles. The number of aromatic nitrogens is 4. The highest BCUT2D eigenvalue weighted by Gasteiger charge is 2.34. The van der Waals surface area contributed by atoms with E-state index in [2.05, 4.69) is 33.9 Å². The van der Waals surface area contributed by atoms with Crippen molar-refractivity contribution < 1.29 is 13.2 Å². The van der Waals surface area contributed by atoms with Gasteiger partial charge in [0.2, 0.25) is 5.91 Å². The number of carbonyl (C=O) groups excluding carboxylic acids is 1. The van der Waals surface area contributed by atoms with Crippen LogP contribution in [0.5, 0.6) is 0 Å². The number of amides is 1. The van der Waals surface area contributed by atoms with Gasteiger partial charge in [-0.05, 0) is 48.7 Å². The molecule has 27 heavy (non-hydrogen) atoms. The van der Waals surface area contributed by atoms with E-state index in [4.69, 9.17) is 0 Å². The summed E-state index contributed by atoms with van der Waals surface area (Å²) in [5.74, 6) is 1.37. The lowest BCUT2D eigenvalue weighted by molar-refractivity contribution is -0.133. The molecule has 1 amide bonds. The minimum atomic E-state index is -3.07. The van der Waals surface area contributed by atoms with Gasteiger partial charge in [0, 0.05) is 12.6 Å². The van der Waals surface area contributed by atoms with Gasteiger partial charge >= 0.3 is 0 Å². The van der Waals surface area contributed by atoms with Crippen LogP contribution in [-0.2, 0) is 27.7 Å². The third-order valence-corrected chi connectivity index (χ3v) is 7.18. The molecule has 1 atom stereocenters. The van der Waals surface area contributed by atoms with Crippen LogP contribution in [0.1, 0.15) is 32.0 Å². The van der Waals surface area contributed by atoms with Gasteiger partial charge in [-0.3, -0.25) is 9.69 Å². The lowest BCUT2D eigenvalue weighted by atomic mass is 9.99. The number of rotatable bonds is 7. The standard InChI is InChI=1S/C17H28N6O3S/c1-3-7-22(15-6-10-27(25,26)13-15)17(24)12-23-16(18-19-20-23)11-21-8-4-14(2)5-9-21/h3,14-15H,1,4-13H2,2H3. The van der Waals surface area contributed by atoms with Gasteiger partial charge in [0.05, 0.1) is 18.1 Å². The molecule has 1 aromatic heterocycles. The summed E-state index contributed by atoms with van der Waals surface area (Å²) < 4.78 is 25.1. The van der Waals surface area contributed by atoms with Gasteiger partial charge in [-0.25, -0.2) is 13.1 Å². The Hall–Kier alpha value is -1.81. The SMILES string of the molecule is C=CCN(C(=O)Cn1nnnc1CN1CCC(C)CC1)C1CCS(=O)(=O)C1. The Kier molecular flexibility index (Phi) is 6.25.